The lowest BCUT2D eigenvalue weighted by molar-refractivity contribution is -0.123. The van der Waals surface area contributed by atoms with Crippen LogP contribution < -0.4 is 19.7 Å². The Hall–Kier alpha value is -1.75. The number of carbonyl (C=O) groups is 1. The summed E-state index contributed by atoms with van der Waals surface area (Å²) in [4.78, 5) is 13.9. The maximum atomic E-state index is 12.3. The molecule has 1 aliphatic rings. The third-order valence-electron chi connectivity index (χ3n) is 3.58. The zero-order valence-electron chi connectivity index (χ0n) is 11.8. The van der Waals surface area contributed by atoms with Crippen molar-refractivity contribution < 1.29 is 14.3 Å². The van der Waals surface area contributed by atoms with Gasteiger partial charge in [0.25, 0.3) is 0 Å². The van der Waals surface area contributed by atoms with E-state index < -0.39 is 0 Å². The first-order chi connectivity index (χ1) is 9.10. The Kier molecular flexibility index (Phi) is 3.95. The highest BCUT2D eigenvalue weighted by molar-refractivity contribution is 5.97. The van der Waals surface area contributed by atoms with Gasteiger partial charge in [-0.2, -0.15) is 0 Å². The molecule has 2 rings (SSSR count). The van der Waals surface area contributed by atoms with Gasteiger partial charge in [-0.1, -0.05) is 0 Å². The third kappa shape index (κ3) is 2.38. The molecule has 0 radical (unpaired) electrons. The lowest BCUT2D eigenvalue weighted by Crippen LogP contribution is -2.51. The van der Waals surface area contributed by atoms with Gasteiger partial charge in [0.05, 0.1) is 25.8 Å². The van der Waals surface area contributed by atoms with Crippen molar-refractivity contribution in [2.24, 2.45) is 5.92 Å². The smallest absolute Gasteiger partial charge is 0.232 e. The number of methoxy groups -OCH3 is 2. The van der Waals surface area contributed by atoms with E-state index in [0.717, 1.165) is 30.1 Å². The molecule has 1 heterocycles. The number of benzene rings is 1. The number of anilines is 1. The van der Waals surface area contributed by atoms with Crippen LogP contribution in [0.25, 0.3) is 0 Å². The number of carbonyl (C=O) groups excluding carboxylic acids is 1. The number of rotatable bonds is 4. The molecule has 0 saturated carbocycles. The standard InChI is InChI=1S/C14H20N2O3/c1-9-12(18-3)6-5-11(13(9)19-4)16(2)14(17)10-7-15-8-10/h5-6,10,15H,7-8H2,1-4H3. The molecule has 1 fully saturated rings. The van der Waals surface area contributed by atoms with Crippen molar-refractivity contribution >= 4 is 11.6 Å². The average molecular weight is 264 g/mol. The molecule has 0 bridgehead atoms. The van der Waals surface area contributed by atoms with Gasteiger partial charge in [0.2, 0.25) is 5.91 Å². The Morgan fingerprint density at radius 3 is 2.47 bits per heavy atom. The second-order valence-electron chi connectivity index (χ2n) is 4.70. The van der Waals surface area contributed by atoms with Crippen molar-refractivity contribution in [2.75, 3.05) is 39.3 Å². The minimum Gasteiger partial charge on any atom is -0.496 e. The fraction of sp³-hybridized carbons (Fsp3) is 0.500. The summed E-state index contributed by atoms with van der Waals surface area (Å²) in [6, 6.07) is 3.71. The van der Waals surface area contributed by atoms with Crippen molar-refractivity contribution in [2.45, 2.75) is 6.92 Å². The van der Waals surface area contributed by atoms with Gasteiger partial charge in [0.1, 0.15) is 11.5 Å². The minimum atomic E-state index is 0.0668. The zero-order valence-corrected chi connectivity index (χ0v) is 11.8. The molecule has 5 heteroatoms. The largest absolute Gasteiger partial charge is 0.496 e. The Bertz CT molecular complexity index is 484. The van der Waals surface area contributed by atoms with Gasteiger partial charge in [-0.3, -0.25) is 4.79 Å². The molecule has 0 atom stereocenters. The summed E-state index contributed by atoms with van der Waals surface area (Å²) in [5.74, 6) is 1.62. The fourth-order valence-electron chi connectivity index (χ4n) is 2.26. The first-order valence-electron chi connectivity index (χ1n) is 6.30. The average Bonchev–Trinajstić information content (AvgIpc) is 2.35. The molecule has 1 aromatic carbocycles. The summed E-state index contributed by atoms with van der Waals surface area (Å²) >= 11 is 0. The summed E-state index contributed by atoms with van der Waals surface area (Å²) in [5.41, 5.74) is 1.67. The van der Waals surface area contributed by atoms with Crippen LogP contribution in [0.4, 0.5) is 5.69 Å². The van der Waals surface area contributed by atoms with E-state index in [1.807, 2.05) is 19.1 Å². The topological polar surface area (TPSA) is 50.8 Å². The van der Waals surface area contributed by atoms with Crippen LogP contribution in [-0.4, -0.2) is 40.3 Å². The predicted molar refractivity (Wildman–Crippen MR) is 74.1 cm³/mol. The molecule has 1 aliphatic heterocycles. The van der Waals surface area contributed by atoms with Crippen molar-refractivity contribution in [1.82, 2.24) is 5.32 Å². The molecule has 104 valence electrons. The van der Waals surface area contributed by atoms with E-state index >= 15 is 0 Å². The van der Waals surface area contributed by atoms with Crippen LogP contribution in [0.3, 0.4) is 0 Å². The van der Waals surface area contributed by atoms with E-state index in [2.05, 4.69) is 5.32 Å². The Balaban J connectivity index is 2.32. The first kappa shape index (κ1) is 13.7. The number of ether oxygens (including phenoxy) is 2. The molecule has 1 aromatic rings. The fourth-order valence-corrected chi connectivity index (χ4v) is 2.26. The van der Waals surface area contributed by atoms with E-state index in [1.54, 1.807) is 26.2 Å². The molecular weight excluding hydrogens is 244 g/mol. The van der Waals surface area contributed by atoms with Crippen LogP contribution >= 0.6 is 0 Å². The van der Waals surface area contributed by atoms with Gasteiger partial charge in [-0.15, -0.1) is 0 Å². The van der Waals surface area contributed by atoms with E-state index in [0.29, 0.717) is 5.75 Å². The number of amides is 1. The van der Waals surface area contributed by atoms with Gasteiger partial charge in [-0.05, 0) is 19.1 Å². The second kappa shape index (κ2) is 5.48. The van der Waals surface area contributed by atoms with Gasteiger partial charge >= 0.3 is 0 Å². The molecule has 5 nitrogen and oxygen atoms in total. The van der Waals surface area contributed by atoms with Crippen LogP contribution in [0.5, 0.6) is 11.5 Å². The third-order valence-corrected chi connectivity index (χ3v) is 3.58. The molecule has 19 heavy (non-hydrogen) atoms. The van der Waals surface area contributed by atoms with Crippen molar-refractivity contribution in [1.29, 1.82) is 0 Å². The SMILES string of the molecule is COc1ccc(N(C)C(=O)C2CNC2)c(OC)c1C. The summed E-state index contributed by atoms with van der Waals surface area (Å²) in [6.45, 7) is 3.42. The second-order valence-corrected chi connectivity index (χ2v) is 4.70. The molecule has 0 aromatic heterocycles. The molecule has 1 saturated heterocycles. The highest BCUT2D eigenvalue weighted by Gasteiger charge is 2.29. The van der Waals surface area contributed by atoms with Crippen LogP contribution in [0.15, 0.2) is 12.1 Å². The van der Waals surface area contributed by atoms with Gasteiger partial charge < -0.3 is 19.7 Å². The summed E-state index contributed by atoms with van der Waals surface area (Å²) in [6.07, 6.45) is 0. The monoisotopic (exact) mass is 264 g/mol. The van der Waals surface area contributed by atoms with Gasteiger partial charge in [-0.25, -0.2) is 0 Å². The van der Waals surface area contributed by atoms with Gasteiger partial charge in [0, 0.05) is 25.7 Å². The number of hydrogen-bond acceptors (Lipinski definition) is 4. The molecule has 0 aliphatic carbocycles. The lowest BCUT2D eigenvalue weighted by Gasteiger charge is -2.31. The first-order valence-corrected chi connectivity index (χ1v) is 6.30. The highest BCUT2D eigenvalue weighted by atomic mass is 16.5. The number of nitrogens with one attached hydrogen (secondary N) is 1. The lowest BCUT2D eigenvalue weighted by atomic mass is 10.0. The normalized spacial score (nSPS) is 14.7. The molecular formula is C14H20N2O3. The van der Waals surface area contributed by atoms with Crippen LogP contribution in [0.1, 0.15) is 5.56 Å². The molecule has 1 N–H and O–H groups in total. The Labute approximate surface area is 113 Å². The maximum absolute atomic E-state index is 12.3. The number of hydrogen-bond donors (Lipinski definition) is 1. The molecule has 1 amide bonds. The summed E-state index contributed by atoms with van der Waals surface area (Å²) in [5, 5.41) is 3.11. The number of nitrogens with zero attached hydrogens (tertiary/aromatic N) is 1. The van der Waals surface area contributed by atoms with E-state index in [4.69, 9.17) is 9.47 Å². The van der Waals surface area contributed by atoms with Crippen LogP contribution in [0.2, 0.25) is 0 Å². The molecule has 0 spiro atoms. The highest BCUT2D eigenvalue weighted by Crippen LogP contribution is 2.37. The van der Waals surface area contributed by atoms with E-state index in [9.17, 15) is 4.79 Å². The van der Waals surface area contributed by atoms with E-state index in [-0.39, 0.29) is 11.8 Å². The van der Waals surface area contributed by atoms with Crippen LogP contribution in [-0.2, 0) is 4.79 Å². The summed E-state index contributed by atoms with van der Waals surface area (Å²) < 4.78 is 10.7. The molecule has 0 unspecified atom stereocenters. The van der Waals surface area contributed by atoms with Gasteiger partial charge in [0.15, 0.2) is 0 Å². The Morgan fingerprint density at radius 1 is 1.32 bits per heavy atom. The van der Waals surface area contributed by atoms with Crippen molar-refractivity contribution in [3.8, 4) is 11.5 Å². The zero-order chi connectivity index (χ0) is 14.0. The predicted octanol–water partition coefficient (Wildman–Crippen LogP) is 1.19. The van der Waals surface area contributed by atoms with Crippen molar-refractivity contribution in [3.63, 3.8) is 0 Å². The van der Waals surface area contributed by atoms with E-state index in [1.165, 1.54) is 0 Å². The Morgan fingerprint density at radius 2 is 2.00 bits per heavy atom. The van der Waals surface area contributed by atoms with Crippen LogP contribution in [0, 0.1) is 12.8 Å². The quantitative estimate of drug-likeness (QED) is 0.887. The minimum absolute atomic E-state index is 0.0668. The maximum Gasteiger partial charge on any atom is 0.232 e. The van der Waals surface area contributed by atoms with Crippen molar-refractivity contribution in [3.05, 3.63) is 17.7 Å². The summed E-state index contributed by atoms with van der Waals surface area (Å²) in [7, 11) is 5.01.